The molecule has 1 heterocycles. The molecule has 1 saturated carbocycles. The molecule has 16 heavy (non-hydrogen) atoms. The average molecular weight is 225 g/mol. The summed E-state index contributed by atoms with van der Waals surface area (Å²) in [6.07, 6.45) is 9.71. The highest BCUT2D eigenvalue weighted by Gasteiger charge is 2.20. The number of nitrogens with one attached hydrogen (secondary N) is 1. The highest BCUT2D eigenvalue weighted by molar-refractivity contribution is 4.74. The molecule has 2 rings (SSSR count). The predicted octanol–water partition coefficient (Wildman–Crippen LogP) is 2.97. The summed E-state index contributed by atoms with van der Waals surface area (Å²) < 4.78 is 5.39. The zero-order valence-corrected chi connectivity index (χ0v) is 10.7. The third kappa shape index (κ3) is 4.84. The van der Waals surface area contributed by atoms with Crippen LogP contribution in [0.25, 0.3) is 0 Å². The lowest BCUT2D eigenvalue weighted by atomic mass is 9.93. The van der Waals surface area contributed by atoms with Gasteiger partial charge in [0, 0.05) is 19.3 Å². The lowest BCUT2D eigenvalue weighted by molar-refractivity contribution is 0.0612. The van der Waals surface area contributed by atoms with Crippen LogP contribution < -0.4 is 5.32 Å². The fourth-order valence-electron chi connectivity index (χ4n) is 2.71. The molecule has 1 atom stereocenters. The zero-order valence-electron chi connectivity index (χ0n) is 10.7. The Bertz CT molecular complexity index is 185. The van der Waals surface area contributed by atoms with E-state index >= 15 is 0 Å². The Hall–Kier alpha value is -0.0800. The summed E-state index contributed by atoms with van der Waals surface area (Å²) in [6.45, 7) is 5.53. The van der Waals surface area contributed by atoms with E-state index in [4.69, 9.17) is 4.74 Å². The van der Waals surface area contributed by atoms with Crippen molar-refractivity contribution in [1.29, 1.82) is 0 Å². The molecule has 0 amide bonds. The van der Waals surface area contributed by atoms with Gasteiger partial charge in [0.25, 0.3) is 0 Å². The number of hydrogen-bond donors (Lipinski definition) is 1. The highest BCUT2D eigenvalue weighted by Crippen LogP contribution is 2.33. The summed E-state index contributed by atoms with van der Waals surface area (Å²) in [5.74, 6) is 1.99. The molecule has 2 fully saturated rings. The Balaban J connectivity index is 1.47. The fourth-order valence-corrected chi connectivity index (χ4v) is 2.71. The van der Waals surface area contributed by atoms with E-state index in [-0.39, 0.29) is 0 Å². The Morgan fingerprint density at radius 2 is 1.88 bits per heavy atom. The van der Waals surface area contributed by atoms with Crippen LogP contribution in [0.15, 0.2) is 0 Å². The van der Waals surface area contributed by atoms with E-state index in [0.29, 0.717) is 6.04 Å². The molecule has 0 radical (unpaired) electrons. The molecule has 2 heteroatoms. The molecule has 1 aliphatic carbocycles. The van der Waals surface area contributed by atoms with Gasteiger partial charge in [0.05, 0.1) is 0 Å². The Kier molecular flexibility index (Phi) is 5.11. The minimum Gasteiger partial charge on any atom is -0.381 e. The van der Waals surface area contributed by atoms with Gasteiger partial charge in [-0.3, -0.25) is 0 Å². The summed E-state index contributed by atoms with van der Waals surface area (Å²) in [7, 11) is 0. The van der Waals surface area contributed by atoms with Crippen molar-refractivity contribution in [3.8, 4) is 0 Å². The van der Waals surface area contributed by atoms with Gasteiger partial charge in [-0.05, 0) is 57.4 Å². The second-order valence-electron chi connectivity index (χ2n) is 5.73. The average Bonchev–Trinajstić information content (AvgIpc) is 3.10. The van der Waals surface area contributed by atoms with Crippen LogP contribution in [0.3, 0.4) is 0 Å². The standard InChI is InChI=1S/C14H27NO/c1-12(11-14-6-9-16-10-7-14)15-8-2-3-13-4-5-13/h12-15H,2-11H2,1H3. The first-order valence-electron chi connectivity index (χ1n) is 7.15. The Morgan fingerprint density at radius 1 is 1.12 bits per heavy atom. The molecule has 2 nitrogen and oxygen atoms in total. The van der Waals surface area contributed by atoms with E-state index in [0.717, 1.165) is 25.0 Å². The van der Waals surface area contributed by atoms with Crippen LogP contribution in [-0.2, 0) is 4.74 Å². The van der Waals surface area contributed by atoms with Gasteiger partial charge >= 0.3 is 0 Å². The molecule has 0 spiro atoms. The van der Waals surface area contributed by atoms with Crippen molar-refractivity contribution in [2.24, 2.45) is 11.8 Å². The van der Waals surface area contributed by atoms with Crippen LogP contribution in [0, 0.1) is 11.8 Å². The van der Waals surface area contributed by atoms with Crippen molar-refractivity contribution in [2.75, 3.05) is 19.8 Å². The van der Waals surface area contributed by atoms with Crippen LogP contribution in [0.1, 0.15) is 51.9 Å². The van der Waals surface area contributed by atoms with Crippen LogP contribution in [0.4, 0.5) is 0 Å². The zero-order chi connectivity index (χ0) is 11.2. The predicted molar refractivity (Wildman–Crippen MR) is 67.6 cm³/mol. The second-order valence-corrected chi connectivity index (χ2v) is 5.73. The minimum absolute atomic E-state index is 0.697. The van der Waals surface area contributed by atoms with Crippen molar-refractivity contribution < 1.29 is 4.74 Å². The third-order valence-electron chi connectivity index (χ3n) is 4.01. The normalized spacial score (nSPS) is 24.6. The Morgan fingerprint density at radius 3 is 2.56 bits per heavy atom. The quantitative estimate of drug-likeness (QED) is 0.673. The van der Waals surface area contributed by atoms with Gasteiger partial charge in [0.1, 0.15) is 0 Å². The largest absolute Gasteiger partial charge is 0.381 e. The second kappa shape index (κ2) is 6.61. The van der Waals surface area contributed by atoms with Crippen molar-refractivity contribution in [2.45, 2.75) is 57.9 Å². The summed E-state index contributed by atoms with van der Waals surface area (Å²) in [6, 6.07) is 0.697. The molecule has 1 aliphatic heterocycles. The SMILES string of the molecule is CC(CC1CCOCC1)NCCCC1CC1. The van der Waals surface area contributed by atoms with Crippen molar-refractivity contribution in [3.63, 3.8) is 0 Å². The molecule has 94 valence electrons. The molecule has 0 aromatic rings. The smallest absolute Gasteiger partial charge is 0.0468 e. The van der Waals surface area contributed by atoms with Crippen LogP contribution in [0.5, 0.6) is 0 Å². The first-order chi connectivity index (χ1) is 7.84. The lowest BCUT2D eigenvalue weighted by Crippen LogP contribution is -2.31. The highest BCUT2D eigenvalue weighted by atomic mass is 16.5. The molecule has 0 aromatic carbocycles. The monoisotopic (exact) mass is 225 g/mol. The first-order valence-corrected chi connectivity index (χ1v) is 7.15. The first kappa shape index (κ1) is 12.4. The van der Waals surface area contributed by atoms with Crippen molar-refractivity contribution in [3.05, 3.63) is 0 Å². The summed E-state index contributed by atoms with van der Waals surface area (Å²) in [5.41, 5.74) is 0. The molecular formula is C14H27NO. The third-order valence-corrected chi connectivity index (χ3v) is 4.01. The van der Waals surface area contributed by atoms with E-state index in [9.17, 15) is 0 Å². The molecule has 2 aliphatic rings. The van der Waals surface area contributed by atoms with E-state index in [1.165, 1.54) is 51.5 Å². The number of ether oxygens (including phenoxy) is 1. The van der Waals surface area contributed by atoms with Crippen molar-refractivity contribution in [1.82, 2.24) is 5.32 Å². The molecule has 1 N–H and O–H groups in total. The van der Waals surface area contributed by atoms with Gasteiger partial charge in [-0.1, -0.05) is 12.8 Å². The molecule has 0 bridgehead atoms. The van der Waals surface area contributed by atoms with Crippen LogP contribution >= 0.6 is 0 Å². The van der Waals surface area contributed by atoms with Crippen molar-refractivity contribution >= 4 is 0 Å². The maximum absolute atomic E-state index is 5.39. The minimum atomic E-state index is 0.697. The summed E-state index contributed by atoms with van der Waals surface area (Å²) in [4.78, 5) is 0. The van der Waals surface area contributed by atoms with Gasteiger partial charge in [-0.2, -0.15) is 0 Å². The van der Waals surface area contributed by atoms with Gasteiger partial charge < -0.3 is 10.1 Å². The van der Waals surface area contributed by atoms with E-state index in [2.05, 4.69) is 12.2 Å². The lowest BCUT2D eigenvalue weighted by Gasteiger charge is -2.25. The Labute approximate surface area is 100 Å². The molecular weight excluding hydrogens is 198 g/mol. The van der Waals surface area contributed by atoms with Crippen LogP contribution in [0.2, 0.25) is 0 Å². The van der Waals surface area contributed by atoms with Gasteiger partial charge in [0.15, 0.2) is 0 Å². The molecule has 1 saturated heterocycles. The maximum atomic E-state index is 5.39. The van der Waals surface area contributed by atoms with E-state index in [1.54, 1.807) is 0 Å². The van der Waals surface area contributed by atoms with Crippen LogP contribution in [-0.4, -0.2) is 25.8 Å². The molecule has 0 aromatic heterocycles. The fraction of sp³-hybridized carbons (Fsp3) is 1.00. The van der Waals surface area contributed by atoms with Gasteiger partial charge in [-0.25, -0.2) is 0 Å². The van der Waals surface area contributed by atoms with Gasteiger partial charge in [0.2, 0.25) is 0 Å². The number of rotatable bonds is 7. The van der Waals surface area contributed by atoms with Gasteiger partial charge in [-0.15, -0.1) is 0 Å². The maximum Gasteiger partial charge on any atom is 0.0468 e. The van der Waals surface area contributed by atoms with E-state index in [1.807, 2.05) is 0 Å². The molecule has 1 unspecified atom stereocenters. The summed E-state index contributed by atoms with van der Waals surface area (Å²) in [5, 5.41) is 3.67. The summed E-state index contributed by atoms with van der Waals surface area (Å²) >= 11 is 0. The topological polar surface area (TPSA) is 21.3 Å². The number of hydrogen-bond acceptors (Lipinski definition) is 2. The van der Waals surface area contributed by atoms with E-state index < -0.39 is 0 Å².